The third kappa shape index (κ3) is 3.48. The van der Waals surface area contributed by atoms with E-state index in [0.29, 0.717) is 31.1 Å². The summed E-state index contributed by atoms with van der Waals surface area (Å²) in [5.41, 5.74) is 0.854. The molecule has 0 unspecified atom stereocenters. The number of para-hydroxylation sites is 1. The van der Waals surface area contributed by atoms with E-state index in [1.165, 1.54) is 0 Å². The first-order valence-electron chi connectivity index (χ1n) is 7.00. The highest BCUT2D eigenvalue weighted by molar-refractivity contribution is 5.86. The van der Waals surface area contributed by atoms with Crippen LogP contribution >= 0.6 is 0 Å². The third-order valence-electron chi connectivity index (χ3n) is 3.67. The molecule has 2 rings (SSSR count). The average molecular weight is 308 g/mol. The minimum atomic E-state index is -0.996. The number of rotatable bonds is 6. The molecule has 1 aliphatic heterocycles. The van der Waals surface area contributed by atoms with Crippen molar-refractivity contribution in [2.24, 2.45) is 0 Å². The zero-order valence-corrected chi connectivity index (χ0v) is 12.7. The second-order valence-corrected chi connectivity index (χ2v) is 5.03. The van der Waals surface area contributed by atoms with Gasteiger partial charge in [0.05, 0.1) is 20.6 Å². The molecule has 0 bridgehead atoms. The van der Waals surface area contributed by atoms with Crippen molar-refractivity contribution in [2.75, 3.05) is 27.3 Å². The van der Waals surface area contributed by atoms with Gasteiger partial charge in [-0.2, -0.15) is 0 Å². The van der Waals surface area contributed by atoms with Gasteiger partial charge >= 0.3 is 5.97 Å². The van der Waals surface area contributed by atoms with Gasteiger partial charge in [-0.1, -0.05) is 12.1 Å². The molecule has 1 aliphatic rings. The summed E-state index contributed by atoms with van der Waals surface area (Å²) in [4.78, 5) is 24.8. The number of ether oxygens (including phenoxy) is 2. The van der Waals surface area contributed by atoms with Crippen molar-refractivity contribution < 1.29 is 24.2 Å². The van der Waals surface area contributed by atoms with Crippen molar-refractivity contribution in [3.8, 4) is 11.5 Å². The van der Waals surface area contributed by atoms with Crippen molar-refractivity contribution in [2.45, 2.75) is 19.0 Å². The summed E-state index contributed by atoms with van der Waals surface area (Å²) in [6, 6.07) is 4.83. The Morgan fingerprint density at radius 1 is 1.41 bits per heavy atom. The number of benzene rings is 1. The van der Waals surface area contributed by atoms with Crippen LogP contribution in [-0.2, 0) is 16.1 Å². The van der Waals surface area contributed by atoms with Gasteiger partial charge in [0.15, 0.2) is 11.5 Å². The third-order valence-corrected chi connectivity index (χ3v) is 3.67. The van der Waals surface area contributed by atoms with Gasteiger partial charge in [0.1, 0.15) is 6.04 Å². The van der Waals surface area contributed by atoms with Crippen molar-refractivity contribution in [1.82, 2.24) is 10.2 Å². The molecule has 1 saturated heterocycles. The van der Waals surface area contributed by atoms with Crippen LogP contribution in [0.1, 0.15) is 12.0 Å². The summed E-state index contributed by atoms with van der Waals surface area (Å²) in [5.74, 6) is -0.0403. The van der Waals surface area contributed by atoms with Crippen LogP contribution in [0.4, 0.5) is 0 Å². The smallest absolute Gasteiger partial charge is 0.305 e. The van der Waals surface area contributed by atoms with E-state index < -0.39 is 12.0 Å². The molecule has 1 atom stereocenters. The Morgan fingerprint density at radius 2 is 2.18 bits per heavy atom. The molecule has 2 N–H and O–H groups in total. The van der Waals surface area contributed by atoms with Gasteiger partial charge in [-0.15, -0.1) is 0 Å². The first-order valence-corrected chi connectivity index (χ1v) is 7.00. The number of hydrogen-bond donors (Lipinski definition) is 2. The second-order valence-electron chi connectivity index (χ2n) is 5.03. The summed E-state index contributed by atoms with van der Waals surface area (Å²) in [5, 5.41) is 11.7. The topological polar surface area (TPSA) is 88.1 Å². The molecular weight excluding hydrogens is 288 g/mol. The minimum absolute atomic E-state index is 0.224. The molecule has 1 fully saturated rings. The molecule has 1 heterocycles. The van der Waals surface area contributed by atoms with Crippen LogP contribution in [0.3, 0.4) is 0 Å². The van der Waals surface area contributed by atoms with E-state index in [4.69, 9.17) is 14.6 Å². The summed E-state index contributed by atoms with van der Waals surface area (Å²) >= 11 is 0. The number of carbonyl (C=O) groups is 2. The van der Waals surface area contributed by atoms with E-state index in [1.54, 1.807) is 20.3 Å². The van der Waals surface area contributed by atoms with E-state index in [-0.39, 0.29) is 12.3 Å². The number of carboxylic acid groups (broad SMARTS) is 1. The van der Waals surface area contributed by atoms with Crippen LogP contribution in [0.2, 0.25) is 0 Å². The lowest BCUT2D eigenvalue weighted by Crippen LogP contribution is -2.55. The van der Waals surface area contributed by atoms with Gasteiger partial charge in [-0.05, 0) is 6.07 Å². The van der Waals surface area contributed by atoms with Gasteiger partial charge in [-0.25, -0.2) is 0 Å². The summed E-state index contributed by atoms with van der Waals surface area (Å²) in [6.07, 6.45) is -0.224. The first-order chi connectivity index (χ1) is 10.6. The van der Waals surface area contributed by atoms with E-state index in [1.807, 2.05) is 17.0 Å². The van der Waals surface area contributed by atoms with Gasteiger partial charge in [0.2, 0.25) is 5.91 Å². The maximum absolute atomic E-state index is 11.9. The monoisotopic (exact) mass is 308 g/mol. The van der Waals surface area contributed by atoms with Crippen molar-refractivity contribution in [3.63, 3.8) is 0 Å². The highest BCUT2D eigenvalue weighted by Crippen LogP contribution is 2.32. The first kappa shape index (κ1) is 16.1. The second kappa shape index (κ2) is 7.13. The SMILES string of the molecule is COc1cccc(CN2CCNC(=O)[C@H]2CC(=O)O)c1OC. The van der Waals surface area contributed by atoms with Crippen LogP contribution in [-0.4, -0.2) is 55.2 Å². The lowest BCUT2D eigenvalue weighted by Gasteiger charge is -2.34. The van der Waals surface area contributed by atoms with E-state index >= 15 is 0 Å². The zero-order chi connectivity index (χ0) is 16.1. The number of piperazine rings is 1. The predicted octanol–water partition coefficient (Wildman–Crippen LogP) is 0.479. The molecule has 22 heavy (non-hydrogen) atoms. The van der Waals surface area contributed by atoms with Gasteiger partial charge in [0, 0.05) is 25.2 Å². The van der Waals surface area contributed by atoms with Gasteiger partial charge < -0.3 is 19.9 Å². The Balaban J connectivity index is 2.24. The van der Waals surface area contributed by atoms with Crippen LogP contribution in [0, 0.1) is 0 Å². The maximum Gasteiger partial charge on any atom is 0.305 e. The quantitative estimate of drug-likeness (QED) is 0.795. The minimum Gasteiger partial charge on any atom is -0.493 e. The van der Waals surface area contributed by atoms with Gasteiger partial charge in [0.25, 0.3) is 0 Å². The summed E-state index contributed by atoms with van der Waals surface area (Å²) < 4.78 is 10.6. The molecule has 1 amide bonds. The highest BCUT2D eigenvalue weighted by Gasteiger charge is 2.32. The lowest BCUT2D eigenvalue weighted by atomic mass is 10.1. The molecule has 0 radical (unpaired) electrons. The Kier molecular flexibility index (Phi) is 5.21. The van der Waals surface area contributed by atoms with Crippen LogP contribution in [0.5, 0.6) is 11.5 Å². The fourth-order valence-electron chi connectivity index (χ4n) is 2.64. The number of aliphatic carboxylic acids is 1. The molecule has 7 heteroatoms. The number of nitrogens with zero attached hydrogens (tertiary/aromatic N) is 1. The van der Waals surface area contributed by atoms with Crippen molar-refractivity contribution in [1.29, 1.82) is 0 Å². The molecule has 0 aromatic heterocycles. The molecular formula is C15H20N2O5. The van der Waals surface area contributed by atoms with Crippen molar-refractivity contribution in [3.05, 3.63) is 23.8 Å². The Morgan fingerprint density at radius 3 is 2.82 bits per heavy atom. The fourth-order valence-corrected chi connectivity index (χ4v) is 2.64. The number of hydrogen-bond acceptors (Lipinski definition) is 5. The van der Waals surface area contributed by atoms with Crippen molar-refractivity contribution >= 4 is 11.9 Å². The predicted molar refractivity (Wildman–Crippen MR) is 79.0 cm³/mol. The molecule has 0 spiro atoms. The maximum atomic E-state index is 11.9. The fraction of sp³-hybridized carbons (Fsp3) is 0.467. The molecule has 0 aliphatic carbocycles. The molecule has 1 aromatic carbocycles. The van der Waals surface area contributed by atoms with Crippen LogP contribution in [0.25, 0.3) is 0 Å². The number of carboxylic acids is 1. The number of amides is 1. The van der Waals surface area contributed by atoms with E-state index in [2.05, 4.69) is 5.32 Å². The molecule has 7 nitrogen and oxygen atoms in total. The number of carbonyl (C=O) groups excluding carboxylic acids is 1. The average Bonchev–Trinajstić information content (AvgIpc) is 2.50. The molecule has 120 valence electrons. The summed E-state index contributed by atoms with van der Waals surface area (Å²) in [6.45, 7) is 1.51. The number of methoxy groups -OCH3 is 2. The van der Waals surface area contributed by atoms with Gasteiger partial charge in [-0.3, -0.25) is 14.5 Å². The highest BCUT2D eigenvalue weighted by atomic mass is 16.5. The largest absolute Gasteiger partial charge is 0.493 e. The van der Waals surface area contributed by atoms with E-state index in [9.17, 15) is 9.59 Å². The number of nitrogens with one attached hydrogen (secondary N) is 1. The van der Waals surface area contributed by atoms with E-state index in [0.717, 1.165) is 5.56 Å². The molecule has 0 saturated carbocycles. The Hall–Kier alpha value is -2.28. The standard InChI is InChI=1S/C15H20N2O5/c1-21-12-5-3-4-10(14(12)22-2)9-17-7-6-16-15(20)11(17)8-13(18)19/h3-5,11H,6-9H2,1-2H3,(H,16,20)(H,18,19)/t11-/m1/s1. The Bertz CT molecular complexity index is 561. The normalized spacial score (nSPS) is 18.6. The van der Waals surface area contributed by atoms with Crippen LogP contribution < -0.4 is 14.8 Å². The lowest BCUT2D eigenvalue weighted by molar-refractivity contribution is -0.143. The van der Waals surface area contributed by atoms with Crippen LogP contribution in [0.15, 0.2) is 18.2 Å². The Labute approximate surface area is 128 Å². The summed E-state index contributed by atoms with van der Waals surface area (Å²) in [7, 11) is 3.11. The zero-order valence-electron chi connectivity index (χ0n) is 12.7. The molecule has 1 aromatic rings.